The first-order chi connectivity index (χ1) is 12.7. The number of esters is 2. The van der Waals surface area contributed by atoms with Gasteiger partial charge >= 0.3 is 11.9 Å². The lowest BCUT2D eigenvalue weighted by Gasteiger charge is -2.12. The zero-order valence-electron chi connectivity index (χ0n) is 14.6. The van der Waals surface area contributed by atoms with E-state index in [2.05, 4.69) is 0 Å². The van der Waals surface area contributed by atoms with Crippen molar-refractivity contribution in [3.8, 4) is 22.3 Å². The summed E-state index contributed by atoms with van der Waals surface area (Å²) < 4.78 is 9.67. The van der Waals surface area contributed by atoms with E-state index < -0.39 is 11.9 Å². The fourth-order valence-electron chi connectivity index (χ4n) is 2.87. The van der Waals surface area contributed by atoms with E-state index in [0.29, 0.717) is 5.56 Å². The number of carbonyl (C=O) groups is 2. The molecule has 0 fully saturated rings. The highest BCUT2D eigenvalue weighted by atomic mass is 16.5. The van der Waals surface area contributed by atoms with Crippen molar-refractivity contribution in [1.82, 2.24) is 0 Å². The molecule has 0 aliphatic rings. The first kappa shape index (κ1) is 17.4. The molecule has 0 N–H and O–H groups in total. The molecule has 0 aromatic heterocycles. The summed E-state index contributed by atoms with van der Waals surface area (Å²) in [5, 5.41) is 0. The van der Waals surface area contributed by atoms with Crippen molar-refractivity contribution in [1.29, 1.82) is 0 Å². The largest absolute Gasteiger partial charge is 0.465 e. The predicted octanol–water partition coefficient (Wildman–Crippen LogP) is 4.59. The van der Waals surface area contributed by atoms with Crippen LogP contribution in [0.5, 0.6) is 0 Å². The number of carbonyl (C=O) groups excluding carboxylic acids is 2. The van der Waals surface area contributed by atoms with Crippen LogP contribution in [-0.4, -0.2) is 26.2 Å². The molecular formula is C22H18O4. The first-order valence-corrected chi connectivity index (χ1v) is 8.11. The average Bonchev–Trinajstić information content (AvgIpc) is 2.72. The molecule has 4 heteroatoms. The Hall–Kier alpha value is -3.40. The number of hydrogen-bond acceptors (Lipinski definition) is 4. The predicted molar refractivity (Wildman–Crippen MR) is 100.0 cm³/mol. The molecule has 3 rings (SSSR count). The second-order valence-electron chi connectivity index (χ2n) is 5.65. The Labute approximate surface area is 152 Å². The summed E-state index contributed by atoms with van der Waals surface area (Å²) >= 11 is 0. The number of benzene rings is 3. The van der Waals surface area contributed by atoms with Crippen molar-refractivity contribution in [3.63, 3.8) is 0 Å². The summed E-state index contributed by atoms with van der Waals surface area (Å²) in [6.07, 6.45) is 0. The van der Waals surface area contributed by atoms with Crippen molar-refractivity contribution in [2.45, 2.75) is 0 Å². The monoisotopic (exact) mass is 346 g/mol. The smallest absolute Gasteiger partial charge is 0.339 e. The molecule has 0 aliphatic heterocycles. The Morgan fingerprint density at radius 3 is 1.81 bits per heavy atom. The molecule has 3 aromatic carbocycles. The lowest BCUT2D eigenvalue weighted by Crippen LogP contribution is -2.13. The van der Waals surface area contributed by atoms with E-state index >= 15 is 0 Å². The number of rotatable bonds is 4. The Balaban J connectivity index is 2.09. The summed E-state index contributed by atoms with van der Waals surface area (Å²) in [6.45, 7) is 0. The summed E-state index contributed by atoms with van der Waals surface area (Å²) in [5.74, 6) is -1.15. The normalized spacial score (nSPS) is 10.2. The SMILES string of the molecule is COC(=O)c1cccc(-c2ccc(-c3ccccc3)cc2)c1C(=O)OC. The van der Waals surface area contributed by atoms with Gasteiger partial charge in [0.2, 0.25) is 0 Å². The van der Waals surface area contributed by atoms with Gasteiger partial charge in [-0.25, -0.2) is 9.59 Å². The van der Waals surface area contributed by atoms with Crippen LogP contribution in [0.4, 0.5) is 0 Å². The third-order valence-electron chi connectivity index (χ3n) is 4.16. The zero-order chi connectivity index (χ0) is 18.5. The third-order valence-corrected chi connectivity index (χ3v) is 4.16. The van der Waals surface area contributed by atoms with E-state index in [4.69, 9.17) is 9.47 Å². The van der Waals surface area contributed by atoms with Crippen LogP contribution >= 0.6 is 0 Å². The van der Waals surface area contributed by atoms with E-state index in [1.165, 1.54) is 14.2 Å². The molecule has 0 heterocycles. The maximum Gasteiger partial charge on any atom is 0.339 e. The van der Waals surface area contributed by atoms with Crippen molar-refractivity contribution >= 4 is 11.9 Å². The van der Waals surface area contributed by atoms with Crippen molar-refractivity contribution in [2.24, 2.45) is 0 Å². The maximum absolute atomic E-state index is 12.3. The molecule has 0 amide bonds. The van der Waals surface area contributed by atoms with Gasteiger partial charge < -0.3 is 9.47 Å². The number of methoxy groups -OCH3 is 2. The minimum atomic E-state index is -0.576. The molecular weight excluding hydrogens is 328 g/mol. The molecule has 0 aliphatic carbocycles. The van der Waals surface area contributed by atoms with Crippen LogP contribution in [0.2, 0.25) is 0 Å². The summed E-state index contributed by atoms with van der Waals surface area (Å²) in [7, 11) is 2.57. The molecule has 130 valence electrons. The van der Waals surface area contributed by atoms with E-state index in [1.54, 1.807) is 18.2 Å². The van der Waals surface area contributed by atoms with Crippen LogP contribution < -0.4 is 0 Å². The lowest BCUT2D eigenvalue weighted by molar-refractivity contribution is 0.0556. The Bertz CT molecular complexity index is 928. The Kier molecular flexibility index (Phi) is 5.13. The van der Waals surface area contributed by atoms with Gasteiger partial charge in [0, 0.05) is 0 Å². The lowest BCUT2D eigenvalue weighted by atomic mass is 9.94. The van der Waals surface area contributed by atoms with E-state index in [0.717, 1.165) is 16.7 Å². The van der Waals surface area contributed by atoms with E-state index in [1.807, 2.05) is 54.6 Å². The van der Waals surface area contributed by atoms with Gasteiger partial charge in [-0.3, -0.25) is 0 Å². The number of hydrogen-bond donors (Lipinski definition) is 0. The van der Waals surface area contributed by atoms with Crippen molar-refractivity contribution < 1.29 is 19.1 Å². The minimum absolute atomic E-state index is 0.184. The fourth-order valence-corrected chi connectivity index (χ4v) is 2.87. The van der Waals surface area contributed by atoms with Gasteiger partial charge in [-0.1, -0.05) is 66.7 Å². The van der Waals surface area contributed by atoms with Gasteiger partial charge in [0.05, 0.1) is 25.3 Å². The van der Waals surface area contributed by atoms with Crippen LogP contribution in [0.1, 0.15) is 20.7 Å². The molecule has 0 saturated carbocycles. The standard InChI is InChI=1S/C22H18O4/c1-25-21(23)19-10-6-9-18(20(19)22(24)26-2)17-13-11-16(12-14-17)15-7-4-3-5-8-15/h3-14H,1-2H3. The van der Waals surface area contributed by atoms with Gasteiger partial charge in [-0.2, -0.15) is 0 Å². The minimum Gasteiger partial charge on any atom is -0.465 e. The highest BCUT2D eigenvalue weighted by Gasteiger charge is 2.22. The van der Waals surface area contributed by atoms with Crippen LogP contribution in [0.3, 0.4) is 0 Å². The van der Waals surface area contributed by atoms with Gasteiger partial charge in [0.15, 0.2) is 0 Å². The van der Waals surface area contributed by atoms with Crippen LogP contribution in [-0.2, 0) is 9.47 Å². The number of ether oxygens (including phenoxy) is 2. The van der Waals surface area contributed by atoms with Crippen LogP contribution in [0.25, 0.3) is 22.3 Å². The van der Waals surface area contributed by atoms with E-state index in [-0.39, 0.29) is 11.1 Å². The Morgan fingerprint density at radius 1 is 0.615 bits per heavy atom. The molecule has 0 saturated heterocycles. The van der Waals surface area contributed by atoms with Gasteiger partial charge in [-0.05, 0) is 28.3 Å². The Morgan fingerprint density at radius 2 is 1.19 bits per heavy atom. The summed E-state index contributed by atoms with van der Waals surface area (Å²) in [4.78, 5) is 24.4. The van der Waals surface area contributed by atoms with Gasteiger partial charge in [-0.15, -0.1) is 0 Å². The average molecular weight is 346 g/mol. The molecule has 3 aromatic rings. The fraction of sp³-hybridized carbons (Fsp3) is 0.0909. The topological polar surface area (TPSA) is 52.6 Å². The quantitative estimate of drug-likeness (QED) is 0.648. The molecule has 0 spiro atoms. The van der Waals surface area contributed by atoms with Crippen molar-refractivity contribution in [2.75, 3.05) is 14.2 Å². The summed E-state index contributed by atoms with van der Waals surface area (Å²) in [6, 6.07) is 22.9. The van der Waals surface area contributed by atoms with Crippen LogP contribution in [0, 0.1) is 0 Å². The second kappa shape index (κ2) is 7.66. The van der Waals surface area contributed by atoms with Crippen LogP contribution in [0.15, 0.2) is 72.8 Å². The van der Waals surface area contributed by atoms with Gasteiger partial charge in [0.25, 0.3) is 0 Å². The highest BCUT2D eigenvalue weighted by molar-refractivity contribution is 6.07. The third kappa shape index (κ3) is 3.35. The van der Waals surface area contributed by atoms with Gasteiger partial charge in [0.1, 0.15) is 0 Å². The molecule has 26 heavy (non-hydrogen) atoms. The maximum atomic E-state index is 12.3. The second-order valence-corrected chi connectivity index (χ2v) is 5.65. The summed E-state index contributed by atoms with van der Waals surface area (Å²) in [5.41, 5.74) is 4.00. The highest BCUT2D eigenvalue weighted by Crippen LogP contribution is 2.30. The first-order valence-electron chi connectivity index (χ1n) is 8.11. The molecule has 0 unspecified atom stereocenters. The van der Waals surface area contributed by atoms with E-state index in [9.17, 15) is 9.59 Å². The molecule has 0 radical (unpaired) electrons. The molecule has 4 nitrogen and oxygen atoms in total. The van der Waals surface area contributed by atoms with Crippen molar-refractivity contribution in [3.05, 3.63) is 83.9 Å². The zero-order valence-corrected chi connectivity index (χ0v) is 14.6. The molecule has 0 bridgehead atoms. The molecule has 0 atom stereocenters.